The number of rotatable bonds is 4. The van der Waals surface area contributed by atoms with Crippen LogP contribution in [0.5, 0.6) is 0 Å². The van der Waals surface area contributed by atoms with Crippen molar-refractivity contribution in [2.24, 2.45) is 0 Å². The molecule has 0 saturated carbocycles. The van der Waals surface area contributed by atoms with Gasteiger partial charge in [0, 0.05) is 6.54 Å². The molecule has 0 radical (unpaired) electrons. The van der Waals surface area contributed by atoms with E-state index in [0.717, 1.165) is 34.4 Å². The highest BCUT2D eigenvalue weighted by Crippen LogP contribution is 2.29. The lowest BCUT2D eigenvalue weighted by Gasteiger charge is -2.09. The van der Waals surface area contributed by atoms with E-state index in [1.54, 1.807) is 29.0 Å². The molecule has 0 aliphatic heterocycles. The van der Waals surface area contributed by atoms with E-state index in [1.165, 1.54) is 12.1 Å². The van der Waals surface area contributed by atoms with Crippen molar-refractivity contribution in [2.45, 2.75) is 6.42 Å². The number of anilines is 2. The molecule has 3 aromatic rings. The lowest BCUT2D eigenvalue weighted by molar-refractivity contribution is 0.627. The zero-order valence-electron chi connectivity index (χ0n) is 10.8. The average molecular weight is 287 g/mol. The number of halogens is 1. The van der Waals surface area contributed by atoms with Crippen LogP contribution in [0.3, 0.4) is 0 Å². The zero-order valence-corrected chi connectivity index (χ0v) is 11.6. The largest absolute Gasteiger partial charge is 0.395 e. The number of nitrogens with one attached hydrogen (secondary N) is 1. The SMILES string of the molecule is Nc1c(NCCc2ccc(F)cc2)ccc2scnc12. The van der Waals surface area contributed by atoms with Crippen LogP contribution in [-0.2, 0) is 6.42 Å². The molecule has 3 rings (SSSR count). The monoisotopic (exact) mass is 287 g/mol. The average Bonchev–Trinajstić information content (AvgIpc) is 2.93. The number of nitrogens with zero attached hydrogens (tertiary/aromatic N) is 1. The maximum atomic E-state index is 12.8. The Balaban J connectivity index is 1.67. The van der Waals surface area contributed by atoms with Crippen molar-refractivity contribution in [3.63, 3.8) is 0 Å². The highest BCUT2D eigenvalue weighted by molar-refractivity contribution is 7.16. The molecule has 2 aromatic carbocycles. The van der Waals surface area contributed by atoms with E-state index in [4.69, 9.17) is 5.73 Å². The first kappa shape index (κ1) is 12.9. The molecule has 0 unspecified atom stereocenters. The Bertz CT molecular complexity index is 722. The van der Waals surface area contributed by atoms with Crippen molar-refractivity contribution in [3.8, 4) is 0 Å². The third kappa shape index (κ3) is 2.58. The maximum absolute atomic E-state index is 12.8. The molecule has 0 fully saturated rings. The number of nitrogen functional groups attached to an aromatic ring is 1. The number of hydrogen-bond donors (Lipinski definition) is 2. The quantitative estimate of drug-likeness (QED) is 0.720. The molecule has 20 heavy (non-hydrogen) atoms. The summed E-state index contributed by atoms with van der Waals surface area (Å²) in [4.78, 5) is 4.27. The second-order valence-corrected chi connectivity index (χ2v) is 5.42. The fraction of sp³-hybridized carbons (Fsp3) is 0.133. The van der Waals surface area contributed by atoms with Crippen LogP contribution in [0.4, 0.5) is 15.8 Å². The Labute approximate surface area is 120 Å². The Morgan fingerprint density at radius 3 is 2.75 bits per heavy atom. The van der Waals surface area contributed by atoms with Gasteiger partial charge in [-0.05, 0) is 36.2 Å². The predicted molar refractivity (Wildman–Crippen MR) is 82.6 cm³/mol. The molecule has 0 atom stereocenters. The fourth-order valence-corrected chi connectivity index (χ4v) is 2.79. The molecule has 0 spiro atoms. The highest BCUT2D eigenvalue weighted by Gasteiger charge is 2.06. The van der Waals surface area contributed by atoms with E-state index in [2.05, 4.69) is 10.3 Å². The first-order valence-corrected chi connectivity index (χ1v) is 7.22. The van der Waals surface area contributed by atoms with Gasteiger partial charge in [-0.15, -0.1) is 11.3 Å². The van der Waals surface area contributed by atoms with Crippen molar-refractivity contribution in [2.75, 3.05) is 17.6 Å². The molecule has 0 bridgehead atoms. The summed E-state index contributed by atoms with van der Waals surface area (Å²) >= 11 is 1.58. The van der Waals surface area contributed by atoms with E-state index >= 15 is 0 Å². The zero-order chi connectivity index (χ0) is 13.9. The summed E-state index contributed by atoms with van der Waals surface area (Å²) in [5, 5.41) is 3.30. The first-order valence-electron chi connectivity index (χ1n) is 6.34. The minimum Gasteiger partial charge on any atom is -0.395 e. The molecular formula is C15H14FN3S. The molecule has 0 saturated heterocycles. The predicted octanol–water partition coefficient (Wildman–Crippen LogP) is 3.67. The molecule has 3 nitrogen and oxygen atoms in total. The lowest BCUT2D eigenvalue weighted by atomic mass is 10.1. The van der Waals surface area contributed by atoms with Crippen LogP contribution in [0.2, 0.25) is 0 Å². The normalized spacial score (nSPS) is 10.8. The van der Waals surface area contributed by atoms with Crippen molar-refractivity contribution in [1.29, 1.82) is 0 Å². The summed E-state index contributed by atoms with van der Waals surface area (Å²) in [6.45, 7) is 0.742. The van der Waals surface area contributed by atoms with Gasteiger partial charge in [-0.1, -0.05) is 12.1 Å². The van der Waals surface area contributed by atoms with Gasteiger partial charge in [0.05, 0.1) is 21.6 Å². The van der Waals surface area contributed by atoms with Crippen LogP contribution in [0.1, 0.15) is 5.56 Å². The van der Waals surface area contributed by atoms with E-state index in [9.17, 15) is 4.39 Å². The topological polar surface area (TPSA) is 50.9 Å². The highest BCUT2D eigenvalue weighted by atomic mass is 32.1. The van der Waals surface area contributed by atoms with Crippen LogP contribution < -0.4 is 11.1 Å². The number of fused-ring (bicyclic) bond motifs is 1. The Kier molecular flexibility index (Phi) is 3.52. The van der Waals surface area contributed by atoms with E-state index in [1.807, 2.05) is 12.1 Å². The second-order valence-electron chi connectivity index (χ2n) is 4.53. The van der Waals surface area contributed by atoms with Crippen molar-refractivity contribution >= 4 is 32.9 Å². The Hall–Kier alpha value is -2.14. The minimum absolute atomic E-state index is 0.208. The molecule has 1 aromatic heterocycles. The smallest absolute Gasteiger partial charge is 0.123 e. The maximum Gasteiger partial charge on any atom is 0.123 e. The van der Waals surface area contributed by atoms with Gasteiger partial charge in [-0.25, -0.2) is 9.37 Å². The van der Waals surface area contributed by atoms with Crippen LogP contribution >= 0.6 is 11.3 Å². The third-order valence-electron chi connectivity index (χ3n) is 3.18. The molecular weight excluding hydrogens is 273 g/mol. The fourth-order valence-electron chi connectivity index (χ4n) is 2.10. The van der Waals surface area contributed by atoms with Gasteiger partial charge in [0.2, 0.25) is 0 Å². The van der Waals surface area contributed by atoms with Gasteiger partial charge in [0.15, 0.2) is 0 Å². The molecule has 102 valence electrons. The molecule has 0 aliphatic carbocycles. The third-order valence-corrected chi connectivity index (χ3v) is 3.98. The number of benzene rings is 2. The van der Waals surface area contributed by atoms with Crippen LogP contribution in [0, 0.1) is 5.82 Å². The molecule has 3 N–H and O–H groups in total. The van der Waals surface area contributed by atoms with E-state index in [-0.39, 0.29) is 5.82 Å². The van der Waals surface area contributed by atoms with Gasteiger partial charge in [0.25, 0.3) is 0 Å². The molecule has 1 heterocycles. The van der Waals surface area contributed by atoms with Gasteiger partial charge in [0.1, 0.15) is 11.3 Å². The van der Waals surface area contributed by atoms with Crippen molar-refractivity contribution < 1.29 is 4.39 Å². The first-order chi connectivity index (χ1) is 9.74. The number of thiazole rings is 1. The minimum atomic E-state index is -0.208. The number of aromatic nitrogens is 1. The van der Waals surface area contributed by atoms with Gasteiger partial charge >= 0.3 is 0 Å². The standard InChI is InChI=1S/C15H14FN3S/c16-11-3-1-10(2-4-11)7-8-18-12-5-6-13-15(14(12)17)19-9-20-13/h1-6,9,18H,7-8,17H2. The summed E-state index contributed by atoms with van der Waals surface area (Å²) in [5.41, 5.74) is 11.4. The van der Waals surface area contributed by atoms with Crippen molar-refractivity contribution in [1.82, 2.24) is 4.98 Å². The van der Waals surface area contributed by atoms with Crippen LogP contribution in [-0.4, -0.2) is 11.5 Å². The summed E-state index contributed by atoms with van der Waals surface area (Å²) in [6, 6.07) is 10.5. The van der Waals surface area contributed by atoms with Gasteiger partial charge in [-0.3, -0.25) is 0 Å². The summed E-state index contributed by atoms with van der Waals surface area (Å²) in [7, 11) is 0. The Morgan fingerprint density at radius 2 is 1.95 bits per heavy atom. The van der Waals surface area contributed by atoms with Crippen LogP contribution in [0.15, 0.2) is 41.9 Å². The van der Waals surface area contributed by atoms with E-state index < -0.39 is 0 Å². The lowest BCUT2D eigenvalue weighted by Crippen LogP contribution is -2.07. The second kappa shape index (κ2) is 5.46. The molecule has 5 heteroatoms. The summed E-state index contributed by atoms with van der Waals surface area (Å²) in [6.07, 6.45) is 0.814. The molecule has 0 amide bonds. The van der Waals surface area contributed by atoms with Gasteiger partial charge < -0.3 is 11.1 Å². The van der Waals surface area contributed by atoms with Crippen molar-refractivity contribution in [3.05, 3.63) is 53.3 Å². The van der Waals surface area contributed by atoms with Gasteiger partial charge in [-0.2, -0.15) is 0 Å². The summed E-state index contributed by atoms with van der Waals surface area (Å²) in [5.74, 6) is -0.208. The Morgan fingerprint density at radius 1 is 1.15 bits per heavy atom. The number of nitrogens with two attached hydrogens (primary N) is 1. The summed E-state index contributed by atoms with van der Waals surface area (Å²) < 4.78 is 13.9. The number of hydrogen-bond acceptors (Lipinski definition) is 4. The molecule has 0 aliphatic rings. The van der Waals surface area contributed by atoms with Crippen LogP contribution in [0.25, 0.3) is 10.2 Å². The van der Waals surface area contributed by atoms with E-state index in [0.29, 0.717) is 5.69 Å².